The molecule has 0 saturated carbocycles. The normalized spacial score (nSPS) is 11.7. The lowest BCUT2D eigenvalue weighted by Gasteiger charge is -2.22. The Morgan fingerprint density at radius 1 is 1.42 bits per heavy atom. The fourth-order valence-corrected chi connectivity index (χ4v) is 2.19. The van der Waals surface area contributed by atoms with Gasteiger partial charge in [-0.2, -0.15) is 5.26 Å². The van der Waals surface area contributed by atoms with Crippen molar-refractivity contribution in [2.24, 2.45) is 0 Å². The molecule has 0 amide bonds. The van der Waals surface area contributed by atoms with E-state index in [1.165, 1.54) is 0 Å². The van der Waals surface area contributed by atoms with Crippen LogP contribution >= 0.6 is 0 Å². The minimum Gasteiger partial charge on any atom is -0.378 e. The third kappa shape index (κ3) is 2.61. The van der Waals surface area contributed by atoms with E-state index >= 15 is 0 Å². The van der Waals surface area contributed by atoms with E-state index in [1.54, 1.807) is 7.11 Å². The third-order valence-electron chi connectivity index (χ3n) is 3.41. The molecule has 2 rings (SSSR count). The Labute approximate surface area is 113 Å². The van der Waals surface area contributed by atoms with Gasteiger partial charge < -0.3 is 9.30 Å². The van der Waals surface area contributed by atoms with Gasteiger partial charge in [-0.3, -0.25) is 0 Å². The Morgan fingerprint density at radius 2 is 2.16 bits per heavy atom. The molecular formula is C15H19N3O. The fourth-order valence-electron chi connectivity index (χ4n) is 2.19. The molecule has 0 atom stereocenters. The van der Waals surface area contributed by atoms with Crippen LogP contribution in [0.4, 0.5) is 0 Å². The zero-order chi connectivity index (χ0) is 14.0. The Bertz CT molecular complexity index is 635. The number of ether oxygens (including phenoxy) is 1. The maximum absolute atomic E-state index is 8.95. The highest BCUT2D eigenvalue weighted by Crippen LogP contribution is 2.22. The van der Waals surface area contributed by atoms with Crippen LogP contribution in [0.5, 0.6) is 0 Å². The summed E-state index contributed by atoms with van der Waals surface area (Å²) in [5, 5.41) is 8.95. The first-order chi connectivity index (χ1) is 9.00. The number of rotatable bonds is 4. The van der Waals surface area contributed by atoms with Gasteiger partial charge in [0.2, 0.25) is 0 Å². The van der Waals surface area contributed by atoms with E-state index in [4.69, 9.17) is 10.00 Å². The number of imidazole rings is 1. The lowest BCUT2D eigenvalue weighted by atomic mass is 10.1. The average Bonchev–Trinajstić information content (AvgIpc) is 2.73. The van der Waals surface area contributed by atoms with Crippen molar-refractivity contribution < 1.29 is 4.74 Å². The SMILES string of the molecule is CCn1c(CC(C)(C)OC)nc2cc(C#N)ccc21. The quantitative estimate of drug-likeness (QED) is 0.846. The summed E-state index contributed by atoms with van der Waals surface area (Å²) in [6, 6.07) is 7.79. The number of fused-ring (bicyclic) bond motifs is 1. The highest BCUT2D eigenvalue weighted by Gasteiger charge is 2.21. The van der Waals surface area contributed by atoms with Crippen LogP contribution in [0.3, 0.4) is 0 Å². The summed E-state index contributed by atoms with van der Waals surface area (Å²) in [4.78, 5) is 4.66. The van der Waals surface area contributed by atoms with Gasteiger partial charge in [-0.25, -0.2) is 4.98 Å². The highest BCUT2D eigenvalue weighted by atomic mass is 16.5. The van der Waals surface area contributed by atoms with Crippen LogP contribution in [0.15, 0.2) is 18.2 Å². The predicted molar refractivity (Wildman–Crippen MR) is 74.9 cm³/mol. The fraction of sp³-hybridized carbons (Fsp3) is 0.467. The van der Waals surface area contributed by atoms with E-state index in [9.17, 15) is 0 Å². The predicted octanol–water partition coefficient (Wildman–Crippen LogP) is 2.90. The van der Waals surface area contributed by atoms with Gasteiger partial charge in [0.25, 0.3) is 0 Å². The summed E-state index contributed by atoms with van der Waals surface area (Å²) in [6.07, 6.45) is 0.744. The molecule has 0 spiro atoms. The van der Waals surface area contributed by atoms with Crippen molar-refractivity contribution in [3.63, 3.8) is 0 Å². The van der Waals surface area contributed by atoms with Crippen LogP contribution in [0.25, 0.3) is 11.0 Å². The molecule has 1 aromatic carbocycles. The van der Waals surface area contributed by atoms with Crippen molar-refractivity contribution in [1.82, 2.24) is 9.55 Å². The number of nitriles is 1. The summed E-state index contributed by atoms with van der Waals surface area (Å²) in [5.41, 5.74) is 2.35. The van der Waals surface area contributed by atoms with Crippen molar-refractivity contribution in [1.29, 1.82) is 5.26 Å². The van der Waals surface area contributed by atoms with E-state index in [0.717, 1.165) is 29.8 Å². The average molecular weight is 257 g/mol. The standard InChI is InChI=1S/C15H19N3O/c1-5-18-13-7-6-11(10-16)8-12(13)17-14(18)9-15(2,3)19-4/h6-8H,5,9H2,1-4H3. The minimum absolute atomic E-state index is 0.244. The Hall–Kier alpha value is -1.86. The number of hydrogen-bond acceptors (Lipinski definition) is 3. The molecule has 0 aliphatic rings. The second kappa shape index (κ2) is 5.02. The second-order valence-corrected chi connectivity index (χ2v) is 5.23. The van der Waals surface area contributed by atoms with E-state index in [-0.39, 0.29) is 5.60 Å². The molecule has 4 heteroatoms. The molecule has 0 radical (unpaired) electrons. The summed E-state index contributed by atoms with van der Waals surface area (Å²) >= 11 is 0. The van der Waals surface area contributed by atoms with Crippen LogP contribution < -0.4 is 0 Å². The largest absolute Gasteiger partial charge is 0.378 e. The maximum atomic E-state index is 8.95. The highest BCUT2D eigenvalue weighted by molar-refractivity contribution is 5.77. The molecule has 0 saturated heterocycles. The smallest absolute Gasteiger partial charge is 0.112 e. The maximum Gasteiger partial charge on any atom is 0.112 e. The number of hydrogen-bond donors (Lipinski definition) is 0. The summed E-state index contributed by atoms with van der Waals surface area (Å²) in [7, 11) is 1.72. The van der Waals surface area contributed by atoms with Gasteiger partial charge in [-0.1, -0.05) is 0 Å². The number of methoxy groups -OCH3 is 1. The second-order valence-electron chi connectivity index (χ2n) is 5.23. The zero-order valence-electron chi connectivity index (χ0n) is 11.9. The molecule has 0 N–H and O–H groups in total. The first-order valence-electron chi connectivity index (χ1n) is 6.45. The van der Waals surface area contributed by atoms with Crippen LogP contribution in [0.2, 0.25) is 0 Å². The van der Waals surface area contributed by atoms with Gasteiger partial charge in [-0.15, -0.1) is 0 Å². The van der Waals surface area contributed by atoms with Crippen LogP contribution in [-0.4, -0.2) is 22.3 Å². The van der Waals surface area contributed by atoms with Crippen molar-refractivity contribution in [3.8, 4) is 6.07 Å². The molecule has 4 nitrogen and oxygen atoms in total. The van der Waals surface area contributed by atoms with Gasteiger partial charge in [0, 0.05) is 20.1 Å². The van der Waals surface area contributed by atoms with Gasteiger partial charge in [0.1, 0.15) is 5.82 Å². The van der Waals surface area contributed by atoms with Crippen molar-refractivity contribution in [3.05, 3.63) is 29.6 Å². The van der Waals surface area contributed by atoms with E-state index in [2.05, 4.69) is 22.5 Å². The van der Waals surface area contributed by atoms with Crippen LogP contribution in [0.1, 0.15) is 32.2 Å². The van der Waals surface area contributed by atoms with Gasteiger partial charge >= 0.3 is 0 Å². The molecule has 0 aliphatic carbocycles. The topological polar surface area (TPSA) is 50.8 Å². The Balaban J connectivity index is 2.53. The molecule has 19 heavy (non-hydrogen) atoms. The summed E-state index contributed by atoms with van der Waals surface area (Å²) in [5.74, 6) is 0.999. The molecular weight excluding hydrogens is 238 g/mol. The number of aryl methyl sites for hydroxylation is 1. The van der Waals surface area contributed by atoms with Crippen molar-refractivity contribution in [2.45, 2.75) is 39.3 Å². The van der Waals surface area contributed by atoms with Crippen molar-refractivity contribution in [2.75, 3.05) is 7.11 Å². The lowest BCUT2D eigenvalue weighted by molar-refractivity contribution is 0.0210. The molecule has 0 aliphatic heterocycles. The lowest BCUT2D eigenvalue weighted by Crippen LogP contribution is -2.27. The monoisotopic (exact) mass is 257 g/mol. The van der Waals surface area contributed by atoms with Gasteiger partial charge in [-0.05, 0) is 39.0 Å². The molecule has 2 aromatic rings. The zero-order valence-corrected chi connectivity index (χ0v) is 11.9. The first kappa shape index (κ1) is 13.6. The molecule has 0 fully saturated rings. The molecule has 1 heterocycles. The minimum atomic E-state index is -0.244. The summed E-state index contributed by atoms with van der Waals surface area (Å²) in [6.45, 7) is 7.06. The van der Waals surface area contributed by atoms with Crippen LogP contribution in [0, 0.1) is 11.3 Å². The van der Waals surface area contributed by atoms with E-state index < -0.39 is 0 Å². The first-order valence-corrected chi connectivity index (χ1v) is 6.45. The number of aromatic nitrogens is 2. The van der Waals surface area contributed by atoms with Gasteiger partial charge in [0.05, 0.1) is 28.3 Å². The number of nitrogens with zero attached hydrogens (tertiary/aromatic N) is 3. The van der Waals surface area contributed by atoms with Gasteiger partial charge in [0.15, 0.2) is 0 Å². The van der Waals surface area contributed by atoms with E-state index in [0.29, 0.717) is 5.56 Å². The number of benzene rings is 1. The third-order valence-corrected chi connectivity index (χ3v) is 3.41. The van der Waals surface area contributed by atoms with E-state index in [1.807, 2.05) is 32.0 Å². The molecule has 1 aromatic heterocycles. The molecule has 0 unspecified atom stereocenters. The van der Waals surface area contributed by atoms with Crippen LogP contribution in [-0.2, 0) is 17.7 Å². The summed E-state index contributed by atoms with van der Waals surface area (Å²) < 4.78 is 7.65. The molecule has 100 valence electrons. The molecule has 0 bridgehead atoms. The van der Waals surface area contributed by atoms with Crippen molar-refractivity contribution >= 4 is 11.0 Å². The Morgan fingerprint density at radius 3 is 2.74 bits per heavy atom. The Kier molecular flexibility index (Phi) is 3.59.